The van der Waals surface area contributed by atoms with Crippen molar-refractivity contribution in [2.24, 2.45) is 0 Å². The first-order valence-electron chi connectivity index (χ1n) is 6.58. The topological polar surface area (TPSA) is 55.6 Å². The summed E-state index contributed by atoms with van der Waals surface area (Å²) in [6.07, 6.45) is 3.63. The molecule has 0 spiro atoms. The Morgan fingerprint density at radius 1 is 1.26 bits per heavy atom. The molecule has 0 saturated carbocycles. The molecule has 1 saturated heterocycles. The highest BCUT2D eigenvalue weighted by atomic mass is 19.1. The van der Waals surface area contributed by atoms with Crippen molar-refractivity contribution in [2.75, 3.05) is 6.54 Å². The van der Waals surface area contributed by atoms with Crippen molar-refractivity contribution in [1.82, 2.24) is 25.5 Å². The van der Waals surface area contributed by atoms with Gasteiger partial charge in [-0.1, -0.05) is 6.42 Å². The SMILES string of the molecule is Fc1ccc(-c2nnn(CC3CCCCN3)n2)cc1. The summed E-state index contributed by atoms with van der Waals surface area (Å²) >= 11 is 0. The summed E-state index contributed by atoms with van der Waals surface area (Å²) in [4.78, 5) is 1.61. The molecule has 1 fully saturated rings. The van der Waals surface area contributed by atoms with Crippen molar-refractivity contribution in [1.29, 1.82) is 0 Å². The average molecular weight is 261 g/mol. The molecule has 6 heteroatoms. The minimum Gasteiger partial charge on any atom is -0.312 e. The van der Waals surface area contributed by atoms with Gasteiger partial charge in [-0.15, -0.1) is 10.2 Å². The first kappa shape index (κ1) is 12.2. The molecule has 100 valence electrons. The summed E-state index contributed by atoms with van der Waals surface area (Å²) in [5, 5.41) is 15.8. The fourth-order valence-electron chi connectivity index (χ4n) is 2.31. The molecule has 1 aliphatic rings. The molecular formula is C13H16FN5. The lowest BCUT2D eigenvalue weighted by atomic mass is 10.1. The Morgan fingerprint density at radius 3 is 2.84 bits per heavy atom. The van der Waals surface area contributed by atoms with E-state index in [0.717, 1.165) is 25.1 Å². The molecule has 19 heavy (non-hydrogen) atoms. The van der Waals surface area contributed by atoms with Crippen LogP contribution in [0.1, 0.15) is 19.3 Å². The lowest BCUT2D eigenvalue weighted by molar-refractivity contribution is 0.332. The van der Waals surface area contributed by atoms with E-state index in [1.165, 1.54) is 25.0 Å². The van der Waals surface area contributed by atoms with Crippen LogP contribution < -0.4 is 5.32 Å². The fourth-order valence-corrected chi connectivity index (χ4v) is 2.31. The number of piperidine rings is 1. The van der Waals surface area contributed by atoms with Crippen LogP contribution in [0.4, 0.5) is 4.39 Å². The second-order valence-electron chi connectivity index (χ2n) is 4.82. The quantitative estimate of drug-likeness (QED) is 0.912. The van der Waals surface area contributed by atoms with Crippen LogP contribution in [0.3, 0.4) is 0 Å². The van der Waals surface area contributed by atoms with Crippen LogP contribution in [-0.2, 0) is 6.54 Å². The van der Waals surface area contributed by atoms with Crippen molar-refractivity contribution in [2.45, 2.75) is 31.8 Å². The third-order valence-corrected chi connectivity index (χ3v) is 3.35. The number of aromatic nitrogens is 4. The standard InChI is InChI=1S/C13H16FN5/c14-11-6-4-10(5-7-11)13-16-18-19(17-13)9-12-3-1-2-8-15-12/h4-7,12,15H,1-3,8-9H2. The van der Waals surface area contributed by atoms with Gasteiger partial charge in [0.1, 0.15) is 5.82 Å². The van der Waals surface area contributed by atoms with Crippen LogP contribution in [0.15, 0.2) is 24.3 Å². The molecule has 1 N–H and O–H groups in total. The highest BCUT2D eigenvalue weighted by Gasteiger charge is 2.15. The third-order valence-electron chi connectivity index (χ3n) is 3.35. The Labute approximate surface area is 110 Å². The predicted octanol–water partition coefficient (Wildman–Crippen LogP) is 1.62. The maximum Gasteiger partial charge on any atom is 0.204 e. The van der Waals surface area contributed by atoms with E-state index < -0.39 is 0 Å². The van der Waals surface area contributed by atoms with Crippen LogP contribution in [0, 0.1) is 5.82 Å². The molecule has 0 radical (unpaired) electrons. The molecule has 2 aromatic rings. The predicted molar refractivity (Wildman–Crippen MR) is 68.9 cm³/mol. The lowest BCUT2D eigenvalue weighted by Gasteiger charge is -2.22. The molecule has 5 nitrogen and oxygen atoms in total. The smallest absolute Gasteiger partial charge is 0.204 e. The van der Waals surface area contributed by atoms with Gasteiger partial charge in [-0.05, 0) is 48.9 Å². The molecule has 1 aromatic carbocycles. The molecule has 1 atom stereocenters. The molecule has 2 heterocycles. The average Bonchev–Trinajstić information content (AvgIpc) is 2.89. The molecular weight excluding hydrogens is 245 g/mol. The summed E-state index contributed by atoms with van der Waals surface area (Å²) in [5.74, 6) is 0.276. The Hall–Kier alpha value is -1.82. The van der Waals surface area contributed by atoms with Crippen LogP contribution in [0.5, 0.6) is 0 Å². The summed E-state index contributed by atoms with van der Waals surface area (Å²) < 4.78 is 12.8. The monoisotopic (exact) mass is 261 g/mol. The van der Waals surface area contributed by atoms with E-state index in [1.807, 2.05) is 0 Å². The maximum absolute atomic E-state index is 12.8. The summed E-state index contributed by atoms with van der Waals surface area (Å²) in [5.41, 5.74) is 0.782. The largest absolute Gasteiger partial charge is 0.312 e. The van der Waals surface area contributed by atoms with Crippen LogP contribution in [0.25, 0.3) is 11.4 Å². The van der Waals surface area contributed by atoms with E-state index in [4.69, 9.17) is 0 Å². The summed E-state index contributed by atoms with van der Waals surface area (Å²) in [6, 6.07) is 6.55. The van der Waals surface area contributed by atoms with Gasteiger partial charge in [-0.25, -0.2) is 4.39 Å². The van der Waals surface area contributed by atoms with E-state index >= 15 is 0 Å². The van der Waals surface area contributed by atoms with Crippen molar-refractivity contribution < 1.29 is 4.39 Å². The van der Waals surface area contributed by atoms with Crippen molar-refractivity contribution in [3.63, 3.8) is 0 Å². The van der Waals surface area contributed by atoms with Crippen molar-refractivity contribution in [3.05, 3.63) is 30.1 Å². The Bertz CT molecular complexity index is 530. The van der Waals surface area contributed by atoms with E-state index in [2.05, 4.69) is 20.7 Å². The highest BCUT2D eigenvalue weighted by molar-refractivity contribution is 5.53. The van der Waals surface area contributed by atoms with Crippen LogP contribution in [-0.4, -0.2) is 32.8 Å². The van der Waals surface area contributed by atoms with Gasteiger partial charge in [0.05, 0.1) is 6.54 Å². The molecule has 0 aliphatic carbocycles. The van der Waals surface area contributed by atoms with Gasteiger partial charge in [-0.3, -0.25) is 0 Å². The van der Waals surface area contributed by atoms with E-state index in [0.29, 0.717) is 11.9 Å². The number of nitrogens with one attached hydrogen (secondary N) is 1. The second-order valence-corrected chi connectivity index (χ2v) is 4.82. The zero-order chi connectivity index (χ0) is 13.1. The highest BCUT2D eigenvalue weighted by Crippen LogP contribution is 2.14. The van der Waals surface area contributed by atoms with Gasteiger partial charge in [0, 0.05) is 11.6 Å². The molecule has 3 rings (SSSR count). The van der Waals surface area contributed by atoms with Gasteiger partial charge in [-0.2, -0.15) is 4.80 Å². The Balaban J connectivity index is 1.70. The van der Waals surface area contributed by atoms with Crippen molar-refractivity contribution >= 4 is 0 Å². The number of hydrogen-bond donors (Lipinski definition) is 1. The van der Waals surface area contributed by atoms with E-state index in [1.54, 1.807) is 16.9 Å². The molecule has 0 bridgehead atoms. The third kappa shape index (κ3) is 2.96. The number of benzene rings is 1. The Morgan fingerprint density at radius 2 is 2.11 bits per heavy atom. The van der Waals surface area contributed by atoms with E-state index in [-0.39, 0.29) is 5.82 Å². The van der Waals surface area contributed by atoms with Gasteiger partial charge in [0.2, 0.25) is 5.82 Å². The molecule has 0 amide bonds. The Kier molecular flexibility index (Phi) is 3.50. The number of hydrogen-bond acceptors (Lipinski definition) is 4. The van der Waals surface area contributed by atoms with Gasteiger partial charge < -0.3 is 5.32 Å². The van der Waals surface area contributed by atoms with Crippen LogP contribution in [0.2, 0.25) is 0 Å². The fraction of sp³-hybridized carbons (Fsp3) is 0.462. The normalized spacial score (nSPS) is 19.5. The minimum atomic E-state index is -0.262. The number of nitrogens with zero attached hydrogens (tertiary/aromatic N) is 4. The number of rotatable bonds is 3. The van der Waals surface area contributed by atoms with Gasteiger partial charge in [0.25, 0.3) is 0 Å². The molecule has 1 aromatic heterocycles. The second kappa shape index (κ2) is 5.44. The summed E-state index contributed by atoms with van der Waals surface area (Å²) in [6.45, 7) is 1.79. The number of tetrazole rings is 1. The lowest BCUT2D eigenvalue weighted by Crippen LogP contribution is -2.37. The van der Waals surface area contributed by atoms with Gasteiger partial charge in [0.15, 0.2) is 0 Å². The maximum atomic E-state index is 12.8. The van der Waals surface area contributed by atoms with Crippen molar-refractivity contribution in [3.8, 4) is 11.4 Å². The first-order valence-corrected chi connectivity index (χ1v) is 6.58. The zero-order valence-corrected chi connectivity index (χ0v) is 10.6. The first-order chi connectivity index (χ1) is 9.31. The zero-order valence-electron chi connectivity index (χ0n) is 10.6. The minimum absolute atomic E-state index is 0.262. The molecule has 1 aliphatic heterocycles. The van der Waals surface area contributed by atoms with Gasteiger partial charge >= 0.3 is 0 Å². The molecule has 1 unspecified atom stereocenters. The van der Waals surface area contributed by atoms with Crippen LogP contribution >= 0.6 is 0 Å². The summed E-state index contributed by atoms with van der Waals surface area (Å²) in [7, 11) is 0. The number of halogens is 1. The van der Waals surface area contributed by atoms with E-state index in [9.17, 15) is 4.39 Å².